The van der Waals surface area contributed by atoms with E-state index in [1.54, 1.807) is 12.1 Å². The maximum atomic E-state index is 13.2. The SMILES string of the molecule is CCCC(=O)OC[C@@H](O)CN(Cc1ccc(C)cc1)Cc1ccc(F)cc1. The van der Waals surface area contributed by atoms with Crippen LogP contribution in [0.2, 0.25) is 0 Å². The number of carbonyl (C=O) groups excluding carboxylic acids is 1. The van der Waals surface area contributed by atoms with Crippen molar-refractivity contribution in [2.24, 2.45) is 0 Å². The van der Waals surface area contributed by atoms with Crippen LogP contribution in [0.4, 0.5) is 4.39 Å². The van der Waals surface area contributed by atoms with E-state index in [1.807, 2.05) is 26.0 Å². The topological polar surface area (TPSA) is 49.8 Å². The van der Waals surface area contributed by atoms with Crippen molar-refractivity contribution >= 4 is 5.97 Å². The second-order valence-corrected chi connectivity index (χ2v) is 6.87. The van der Waals surface area contributed by atoms with E-state index in [4.69, 9.17) is 4.74 Å². The van der Waals surface area contributed by atoms with E-state index in [-0.39, 0.29) is 18.4 Å². The second kappa shape index (κ2) is 10.8. The molecule has 2 aromatic rings. The maximum absolute atomic E-state index is 13.2. The fourth-order valence-corrected chi connectivity index (χ4v) is 2.80. The molecular formula is C22H28FNO3. The van der Waals surface area contributed by atoms with Crippen LogP contribution in [-0.2, 0) is 22.6 Å². The number of hydrogen-bond acceptors (Lipinski definition) is 4. The first kappa shape index (κ1) is 21.1. The molecule has 0 aromatic heterocycles. The molecule has 0 spiro atoms. The van der Waals surface area contributed by atoms with E-state index in [9.17, 15) is 14.3 Å². The number of aliphatic hydroxyl groups excluding tert-OH is 1. The fourth-order valence-electron chi connectivity index (χ4n) is 2.80. The van der Waals surface area contributed by atoms with Gasteiger partial charge in [0, 0.05) is 26.1 Å². The van der Waals surface area contributed by atoms with Gasteiger partial charge in [-0.05, 0) is 36.6 Å². The summed E-state index contributed by atoms with van der Waals surface area (Å²) in [4.78, 5) is 13.6. The predicted molar refractivity (Wildman–Crippen MR) is 104 cm³/mol. The smallest absolute Gasteiger partial charge is 0.305 e. The molecule has 27 heavy (non-hydrogen) atoms. The molecule has 0 bridgehead atoms. The van der Waals surface area contributed by atoms with Crippen LogP contribution in [0, 0.1) is 12.7 Å². The van der Waals surface area contributed by atoms with Crippen molar-refractivity contribution in [3.8, 4) is 0 Å². The van der Waals surface area contributed by atoms with Gasteiger partial charge in [0.1, 0.15) is 18.5 Å². The van der Waals surface area contributed by atoms with Gasteiger partial charge in [-0.2, -0.15) is 0 Å². The molecule has 0 aliphatic rings. The summed E-state index contributed by atoms with van der Waals surface area (Å²) in [5.41, 5.74) is 3.27. The summed E-state index contributed by atoms with van der Waals surface area (Å²) in [6, 6.07) is 14.6. The Labute approximate surface area is 160 Å². The van der Waals surface area contributed by atoms with Crippen molar-refractivity contribution in [1.29, 1.82) is 0 Å². The Bertz CT molecular complexity index is 653. The van der Waals surface area contributed by atoms with Crippen molar-refractivity contribution in [1.82, 2.24) is 4.90 Å². The van der Waals surface area contributed by atoms with Crippen molar-refractivity contribution < 1.29 is 19.0 Å². The Morgan fingerprint density at radius 1 is 1.07 bits per heavy atom. The quantitative estimate of drug-likeness (QED) is 0.643. The zero-order chi connectivity index (χ0) is 19.6. The highest BCUT2D eigenvalue weighted by Gasteiger charge is 2.15. The molecule has 1 atom stereocenters. The van der Waals surface area contributed by atoms with Crippen molar-refractivity contribution in [3.05, 3.63) is 71.0 Å². The Morgan fingerprint density at radius 2 is 1.63 bits per heavy atom. The third-order valence-electron chi connectivity index (χ3n) is 4.21. The molecule has 0 radical (unpaired) electrons. The van der Waals surface area contributed by atoms with Gasteiger partial charge < -0.3 is 9.84 Å². The summed E-state index contributed by atoms with van der Waals surface area (Å²) in [6.45, 7) is 5.47. The lowest BCUT2D eigenvalue weighted by Gasteiger charge is -2.25. The minimum absolute atomic E-state index is 0.0212. The van der Waals surface area contributed by atoms with Crippen LogP contribution in [0.25, 0.3) is 0 Å². The summed E-state index contributed by atoms with van der Waals surface area (Å²) < 4.78 is 18.3. The first-order chi connectivity index (χ1) is 13.0. The van der Waals surface area contributed by atoms with Gasteiger partial charge in [0.2, 0.25) is 0 Å². The van der Waals surface area contributed by atoms with Gasteiger partial charge in [0.05, 0.1) is 0 Å². The average Bonchev–Trinajstić information content (AvgIpc) is 2.64. The van der Waals surface area contributed by atoms with Crippen LogP contribution >= 0.6 is 0 Å². The molecule has 146 valence electrons. The summed E-state index contributed by atoms with van der Waals surface area (Å²) >= 11 is 0. The van der Waals surface area contributed by atoms with Crippen LogP contribution < -0.4 is 0 Å². The number of rotatable bonds is 10. The maximum Gasteiger partial charge on any atom is 0.305 e. The zero-order valence-corrected chi connectivity index (χ0v) is 16.0. The number of aliphatic hydroxyl groups is 1. The van der Waals surface area contributed by atoms with Crippen molar-refractivity contribution in [3.63, 3.8) is 0 Å². The van der Waals surface area contributed by atoms with Gasteiger partial charge in [0.25, 0.3) is 0 Å². The summed E-state index contributed by atoms with van der Waals surface area (Å²) in [5, 5.41) is 10.3. The average molecular weight is 373 g/mol. The number of hydrogen-bond donors (Lipinski definition) is 1. The lowest BCUT2D eigenvalue weighted by molar-refractivity contribution is -0.147. The van der Waals surface area contributed by atoms with E-state index in [1.165, 1.54) is 17.7 Å². The zero-order valence-electron chi connectivity index (χ0n) is 16.0. The van der Waals surface area contributed by atoms with E-state index in [0.29, 0.717) is 26.1 Å². The van der Waals surface area contributed by atoms with E-state index in [0.717, 1.165) is 17.5 Å². The number of benzene rings is 2. The van der Waals surface area contributed by atoms with Crippen LogP contribution in [0.5, 0.6) is 0 Å². The molecule has 0 saturated carbocycles. The minimum Gasteiger partial charge on any atom is -0.463 e. The van der Waals surface area contributed by atoms with Gasteiger partial charge in [-0.15, -0.1) is 0 Å². The van der Waals surface area contributed by atoms with Gasteiger partial charge in [0.15, 0.2) is 0 Å². The molecule has 2 aromatic carbocycles. The molecule has 2 rings (SSSR count). The number of aryl methyl sites for hydroxylation is 1. The second-order valence-electron chi connectivity index (χ2n) is 6.87. The molecule has 0 amide bonds. The van der Waals surface area contributed by atoms with E-state index >= 15 is 0 Å². The molecule has 0 heterocycles. The fraction of sp³-hybridized carbons (Fsp3) is 0.409. The van der Waals surface area contributed by atoms with Crippen molar-refractivity contribution in [2.45, 2.75) is 45.9 Å². The Hall–Kier alpha value is -2.24. The van der Waals surface area contributed by atoms with Crippen molar-refractivity contribution in [2.75, 3.05) is 13.2 Å². The Kier molecular flexibility index (Phi) is 8.43. The summed E-state index contributed by atoms with van der Waals surface area (Å²) in [7, 11) is 0. The third kappa shape index (κ3) is 7.89. The van der Waals surface area contributed by atoms with Gasteiger partial charge >= 0.3 is 5.97 Å². The highest BCUT2D eigenvalue weighted by molar-refractivity contribution is 5.69. The number of esters is 1. The number of halogens is 1. The molecule has 0 aliphatic carbocycles. The molecule has 0 unspecified atom stereocenters. The standard InChI is InChI=1S/C22H28FNO3/c1-3-4-22(26)27-16-21(25)15-24(13-18-7-5-17(2)6-8-18)14-19-9-11-20(23)12-10-19/h5-12,21,25H,3-4,13-16H2,1-2H3/t21-/m0/s1. The van der Waals surface area contributed by atoms with E-state index < -0.39 is 6.10 Å². The van der Waals surface area contributed by atoms with Gasteiger partial charge in [-0.3, -0.25) is 9.69 Å². The van der Waals surface area contributed by atoms with Crippen LogP contribution in [0.1, 0.15) is 36.5 Å². The van der Waals surface area contributed by atoms with E-state index in [2.05, 4.69) is 17.0 Å². The Morgan fingerprint density at radius 3 is 2.19 bits per heavy atom. The summed E-state index contributed by atoms with van der Waals surface area (Å²) in [6.07, 6.45) is 0.297. The highest BCUT2D eigenvalue weighted by Crippen LogP contribution is 2.13. The number of carbonyl (C=O) groups is 1. The predicted octanol–water partition coefficient (Wildman–Crippen LogP) is 3.84. The van der Waals surface area contributed by atoms with Gasteiger partial charge in [-0.25, -0.2) is 4.39 Å². The van der Waals surface area contributed by atoms with Crippen LogP contribution in [0.3, 0.4) is 0 Å². The molecular weight excluding hydrogens is 345 g/mol. The highest BCUT2D eigenvalue weighted by atomic mass is 19.1. The molecule has 0 saturated heterocycles. The first-order valence-corrected chi connectivity index (χ1v) is 9.32. The molecule has 0 fully saturated rings. The normalized spacial score (nSPS) is 12.2. The molecule has 5 heteroatoms. The molecule has 0 aliphatic heterocycles. The Balaban J connectivity index is 2.00. The lowest BCUT2D eigenvalue weighted by Crippen LogP contribution is -2.34. The molecule has 4 nitrogen and oxygen atoms in total. The monoisotopic (exact) mass is 373 g/mol. The molecule has 1 N–H and O–H groups in total. The van der Waals surface area contributed by atoms with Crippen LogP contribution in [-0.4, -0.2) is 35.2 Å². The summed E-state index contributed by atoms with van der Waals surface area (Å²) in [5.74, 6) is -0.563. The van der Waals surface area contributed by atoms with Gasteiger partial charge in [-0.1, -0.05) is 48.9 Å². The largest absolute Gasteiger partial charge is 0.463 e. The van der Waals surface area contributed by atoms with Crippen LogP contribution in [0.15, 0.2) is 48.5 Å². The first-order valence-electron chi connectivity index (χ1n) is 9.32. The third-order valence-corrected chi connectivity index (χ3v) is 4.21. The minimum atomic E-state index is -0.781. The lowest BCUT2D eigenvalue weighted by atomic mass is 10.1. The number of ether oxygens (including phenoxy) is 1. The number of nitrogens with zero attached hydrogens (tertiary/aromatic N) is 1.